The largest absolute Gasteiger partial charge is 0.493 e. The van der Waals surface area contributed by atoms with Gasteiger partial charge in [0.2, 0.25) is 0 Å². The van der Waals surface area contributed by atoms with Crippen molar-refractivity contribution in [3.8, 4) is 17.2 Å². The Morgan fingerprint density at radius 2 is 1.60 bits per heavy atom. The lowest BCUT2D eigenvalue weighted by Crippen LogP contribution is -2.49. The molecule has 1 aliphatic heterocycles. The number of rotatable bonds is 8. The van der Waals surface area contributed by atoms with Crippen LogP contribution in [0.2, 0.25) is 0 Å². The van der Waals surface area contributed by atoms with Gasteiger partial charge in [0.05, 0.1) is 13.7 Å². The van der Waals surface area contributed by atoms with Gasteiger partial charge in [-0.15, -0.1) is 0 Å². The van der Waals surface area contributed by atoms with Gasteiger partial charge in [-0.05, 0) is 68.3 Å². The third kappa shape index (κ3) is 5.53. The van der Waals surface area contributed by atoms with E-state index in [9.17, 15) is 4.79 Å². The second-order valence-electron chi connectivity index (χ2n) is 8.69. The van der Waals surface area contributed by atoms with Crippen molar-refractivity contribution in [1.29, 1.82) is 0 Å². The van der Waals surface area contributed by atoms with Crippen LogP contribution >= 0.6 is 0 Å². The molecule has 1 fully saturated rings. The average Bonchev–Trinajstić information content (AvgIpc) is 2.89. The first-order valence-corrected chi connectivity index (χ1v) is 12.1. The minimum absolute atomic E-state index is 0.0344. The molecule has 1 aliphatic rings. The van der Waals surface area contributed by atoms with E-state index in [-0.39, 0.29) is 12.5 Å². The molecule has 4 rings (SSSR count). The number of aryl methyl sites for hydroxylation is 1. The number of para-hydroxylation sites is 2. The summed E-state index contributed by atoms with van der Waals surface area (Å²) in [6, 6.07) is 19.5. The van der Waals surface area contributed by atoms with Crippen LogP contribution in [0, 0.1) is 13.8 Å². The van der Waals surface area contributed by atoms with E-state index in [0.29, 0.717) is 36.8 Å². The highest BCUT2D eigenvalue weighted by molar-refractivity contribution is 5.94. The summed E-state index contributed by atoms with van der Waals surface area (Å²) in [5, 5.41) is 0. The molecule has 0 N–H and O–H groups in total. The number of methoxy groups -OCH3 is 1. The Morgan fingerprint density at radius 1 is 0.857 bits per heavy atom. The molecule has 0 atom stereocenters. The van der Waals surface area contributed by atoms with Crippen LogP contribution in [-0.4, -0.2) is 50.7 Å². The molecule has 0 aliphatic carbocycles. The van der Waals surface area contributed by atoms with Gasteiger partial charge in [0, 0.05) is 43.0 Å². The summed E-state index contributed by atoms with van der Waals surface area (Å²) in [5.41, 5.74) is 5.33. The fourth-order valence-electron chi connectivity index (χ4n) is 4.43. The molecule has 0 unspecified atom stereocenters. The maximum atomic E-state index is 13.4. The van der Waals surface area contributed by atoms with E-state index in [1.165, 1.54) is 16.8 Å². The minimum Gasteiger partial charge on any atom is -0.493 e. The van der Waals surface area contributed by atoms with Crippen molar-refractivity contribution in [1.82, 2.24) is 4.90 Å². The highest BCUT2D eigenvalue weighted by Crippen LogP contribution is 2.29. The first-order valence-electron chi connectivity index (χ1n) is 12.1. The van der Waals surface area contributed by atoms with Crippen LogP contribution in [0.1, 0.15) is 34.0 Å². The molecule has 0 bridgehead atoms. The van der Waals surface area contributed by atoms with Gasteiger partial charge < -0.3 is 24.0 Å². The third-order valence-corrected chi connectivity index (χ3v) is 6.54. The Morgan fingerprint density at radius 3 is 2.31 bits per heavy atom. The second kappa shape index (κ2) is 11.2. The molecule has 1 amide bonds. The molecule has 35 heavy (non-hydrogen) atoms. The summed E-state index contributed by atoms with van der Waals surface area (Å²) < 4.78 is 17.2. The number of hydrogen-bond acceptors (Lipinski definition) is 5. The Hall–Kier alpha value is -3.67. The first-order chi connectivity index (χ1) is 17.0. The smallest absolute Gasteiger partial charge is 0.253 e. The van der Waals surface area contributed by atoms with Crippen molar-refractivity contribution in [2.24, 2.45) is 0 Å². The van der Waals surface area contributed by atoms with Crippen molar-refractivity contribution >= 4 is 11.6 Å². The number of carbonyl (C=O) groups excluding carboxylic acids is 1. The summed E-state index contributed by atoms with van der Waals surface area (Å²) in [5.74, 6) is 2.07. The minimum atomic E-state index is 0.0344. The van der Waals surface area contributed by atoms with Gasteiger partial charge >= 0.3 is 0 Å². The van der Waals surface area contributed by atoms with Crippen LogP contribution in [0.15, 0.2) is 60.7 Å². The number of piperazine rings is 1. The fraction of sp³-hybridized carbons (Fsp3) is 0.345. The molecule has 3 aromatic rings. The summed E-state index contributed by atoms with van der Waals surface area (Å²) in [4.78, 5) is 17.7. The molecule has 1 heterocycles. The number of amides is 1. The molecule has 6 nitrogen and oxygen atoms in total. The monoisotopic (exact) mass is 474 g/mol. The number of carbonyl (C=O) groups is 1. The van der Waals surface area contributed by atoms with Gasteiger partial charge in [-0.25, -0.2) is 0 Å². The quantitative estimate of drug-likeness (QED) is 0.446. The molecule has 0 saturated carbocycles. The van der Waals surface area contributed by atoms with Crippen LogP contribution in [0.5, 0.6) is 17.2 Å². The summed E-state index contributed by atoms with van der Waals surface area (Å²) in [7, 11) is 1.62. The standard InChI is InChI=1S/C29H34N2O4/c1-5-34-26-14-13-23(19-24(26)20-35-28-12-7-6-11-27(28)33-4)29(32)31-17-15-30(16-18-31)25-10-8-9-21(2)22(25)3/h6-14,19H,5,15-18,20H2,1-4H3. The molecular formula is C29H34N2O4. The van der Waals surface area contributed by atoms with Crippen LogP contribution in [-0.2, 0) is 6.61 Å². The number of hydrogen-bond donors (Lipinski definition) is 0. The zero-order chi connectivity index (χ0) is 24.8. The van der Waals surface area contributed by atoms with Crippen molar-refractivity contribution in [2.75, 3.05) is 44.8 Å². The number of anilines is 1. The van der Waals surface area contributed by atoms with Gasteiger partial charge in [-0.3, -0.25) is 4.79 Å². The molecule has 0 aromatic heterocycles. The van der Waals surface area contributed by atoms with Crippen molar-refractivity contribution in [3.05, 3.63) is 82.9 Å². The topological polar surface area (TPSA) is 51.2 Å². The predicted molar refractivity (Wildman–Crippen MR) is 139 cm³/mol. The third-order valence-electron chi connectivity index (χ3n) is 6.54. The summed E-state index contributed by atoms with van der Waals surface area (Å²) >= 11 is 0. The number of nitrogens with zero attached hydrogens (tertiary/aromatic N) is 2. The predicted octanol–water partition coefficient (Wildman–Crippen LogP) is 5.25. The highest BCUT2D eigenvalue weighted by Gasteiger charge is 2.24. The average molecular weight is 475 g/mol. The van der Waals surface area contributed by atoms with E-state index < -0.39 is 0 Å². The zero-order valence-electron chi connectivity index (χ0n) is 21.0. The van der Waals surface area contributed by atoms with Gasteiger partial charge in [0.15, 0.2) is 11.5 Å². The normalized spacial score (nSPS) is 13.5. The summed E-state index contributed by atoms with van der Waals surface area (Å²) in [6.45, 7) is 10.1. The van der Waals surface area contributed by atoms with Crippen molar-refractivity contribution in [2.45, 2.75) is 27.4 Å². The maximum absolute atomic E-state index is 13.4. The molecule has 1 saturated heterocycles. The van der Waals surface area contributed by atoms with E-state index in [4.69, 9.17) is 14.2 Å². The van der Waals surface area contributed by atoms with E-state index in [1.807, 2.05) is 54.3 Å². The number of benzene rings is 3. The SMILES string of the molecule is CCOc1ccc(C(=O)N2CCN(c3cccc(C)c3C)CC2)cc1COc1ccccc1OC. The Kier molecular flexibility index (Phi) is 7.80. The van der Waals surface area contributed by atoms with Gasteiger partial charge in [-0.2, -0.15) is 0 Å². The summed E-state index contributed by atoms with van der Waals surface area (Å²) in [6.07, 6.45) is 0. The molecule has 0 radical (unpaired) electrons. The lowest BCUT2D eigenvalue weighted by Gasteiger charge is -2.37. The molecule has 0 spiro atoms. The Balaban J connectivity index is 1.46. The van der Waals surface area contributed by atoms with Gasteiger partial charge in [0.1, 0.15) is 12.4 Å². The molecule has 6 heteroatoms. The van der Waals surface area contributed by atoms with E-state index in [2.05, 4.69) is 36.9 Å². The van der Waals surface area contributed by atoms with E-state index >= 15 is 0 Å². The number of ether oxygens (including phenoxy) is 3. The Labute approximate surface area is 208 Å². The van der Waals surface area contributed by atoms with Crippen LogP contribution in [0.25, 0.3) is 0 Å². The van der Waals surface area contributed by atoms with Crippen LogP contribution in [0.3, 0.4) is 0 Å². The Bertz CT molecular complexity index is 1170. The fourth-order valence-corrected chi connectivity index (χ4v) is 4.43. The van der Waals surface area contributed by atoms with E-state index in [0.717, 1.165) is 24.4 Å². The van der Waals surface area contributed by atoms with Gasteiger partial charge in [0.25, 0.3) is 5.91 Å². The van der Waals surface area contributed by atoms with Crippen LogP contribution < -0.4 is 19.1 Å². The second-order valence-corrected chi connectivity index (χ2v) is 8.69. The van der Waals surface area contributed by atoms with Crippen molar-refractivity contribution in [3.63, 3.8) is 0 Å². The molecular weight excluding hydrogens is 440 g/mol. The molecule has 3 aromatic carbocycles. The maximum Gasteiger partial charge on any atom is 0.253 e. The highest BCUT2D eigenvalue weighted by atomic mass is 16.5. The van der Waals surface area contributed by atoms with E-state index in [1.54, 1.807) is 7.11 Å². The first kappa shape index (κ1) is 24.5. The van der Waals surface area contributed by atoms with Crippen molar-refractivity contribution < 1.29 is 19.0 Å². The lowest BCUT2D eigenvalue weighted by molar-refractivity contribution is 0.0746. The van der Waals surface area contributed by atoms with Crippen LogP contribution in [0.4, 0.5) is 5.69 Å². The molecule has 184 valence electrons. The van der Waals surface area contributed by atoms with Gasteiger partial charge in [-0.1, -0.05) is 24.3 Å². The zero-order valence-corrected chi connectivity index (χ0v) is 21.0. The lowest BCUT2D eigenvalue weighted by atomic mass is 10.1.